The molecule has 12 aromatic rings. The smallest absolute Gasteiger partial charge is 0.0979 e. The summed E-state index contributed by atoms with van der Waals surface area (Å²) in [5, 5.41) is 7.14. The van der Waals surface area contributed by atoms with Crippen molar-refractivity contribution < 1.29 is 0 Å². The molecule has 0 spiro atoms. The van der Waals surface area contributed by atoms with E-state index in [1.807, 2.05) is 6.20 Å². The molecule has 0 aliphatic heterocycles. The Balaban J connectivity index is 0.854. The summed E-state index contributed by atoms with van der Waals surface area (Å²) in [5.41, 5.74) is 16.8. The third kappa shape index (κ3) is 5.98. The molecule has 0 saturated heterocycles. The molecule has 0 atom stereocenters. The number of para-hydroxylation sites is 1. The Morgan fingerprint density at radius 1 is 0.279 bits per heavy atom. The molecule has 10 aromatic carbocycles. The van der Waals surface area contributed by atoms with E-state index in [0.717, 1.165) is 44.3 Å². The van der Waals surface area contributed by atoms with Gasteiger partial charge >= 0.3 is 0 Å². The predicted molar refractivity (Wildman–Crippen MR) is 256 cm³/mol. The van der Waals surface area contributed by atoms with Crippen LogP contribution in [-0.2, 0) is 0 Å². The minimum absolute atomic E-state index is 0.866. The Bertz CT molecular complexity index is 3590. The summed E-state index contributed by atoms with van der Waals surface area (Å²) in [6.07, 6.45) is 1.91. The second-order valence-corrected chi connectivity index (χ2v) is 15.8. The average Bonchev–Trinajstić information content (AvgIpc) is 3.68. The van der Waals surface area contributed by atoms with Crippen molar-refractivity contribution in [1.29, 1.82) is 0 Å². The highest BCUT2D eigenvalue weighted by Crippen LogP contribution is 2.38. The van der Waals surface area contributed by atoms with E-state index in [9.17, 15) is 0 Å². The van der Waals surface area contributed by atoms with E-state index in [0.29, 0.717) is 0 Å². The van der Waals surface area contributed by atoms with Crippen molar-refractivity contribution in [3.05, 3.63) is 225 Å². The molecule has 0 amide bonds. The average molecular weight is 776 g/mol. The first-order chi connectivity index (χ1) is 30.2. The molecule has 12 rings (SSSR count). The second kappa shape index (κ2) is 14.3. The molecule has 3 nitrogen and oxygen atoms in total. The maximum atomic E-state index is 5.21. The molecule has 3 heteroatoms. The molecule has 0 bridgehead atoms. The van der Waals surface area contributed by atoms with Gasteiger partial charge in [0.2, 0.25) is 0 Å². The molecule has 0 aliphatic carbocycles. The first-order valence-electron chi connectivity index (χ1n) is 20.8. The highest BCUT2D eigenvalue weighted by atomic mass is 15.0. The molecule has 0 radical (unpaired) electrons. The lowest BCUT2D eigenvalue weighted by Crippen LogP contribution is -1.93. The summed E-state index contributed by atoms with van der Waals surface area (Å²) in [7, 11) is 0. The highest BCUT2D eigenvalue weighted by Gasteiger charge is 2.15. The molecule has 61 heavy (non-hydrogen) atoms. The van der Waals surface area contributed by atoms with Crippen LogP contribution in [0, 0.1) is 0 Å². The van der Waals surface area contributed by atoms with Gasteiger partial charge < -0.3 is 4.57 Å². The van der Waals surface area contributed by atoms with E-state index < -0.39 is 0 Å². The van der Waals surface area contributed by atoms with E-state index in [1.165, 1.54) is 71.5 Å². The fourth-order valence-electron chi connectivity index (χ4n) is 9.22. The van der Waals surface area contributed by atoms with Crippen molar-refractivity contribution in [2.24, 2.45) is 0 Å². The quantitative estimate of drug-likeness (QED) is 0.158. The molecule has 0 saturated carbocycles. The molecule has 0 aliphatic rings. The largest absolute Gasteiger partial charge is 0.309 e. The van der Waals surface area contributed by atoms with Crippen molar-refractivity contribution in [1.82, 2.24) is 14.5 Å². The zero-order valence-corrected chi connectivity index (χ0v) is 33.2. The third-order valence-corrected chi connectivity index (χ3v) is 12.2. The Morgan fingerprint density at radius 3 is 1.39 bits per heavy atom. The van der Waals surface area contributed by atoms with E-state index in [-0.39, 0.29) is 0 Å². The molecule has 0 N–H and O–H groups in total. The van der Waals surface area contributed by atoms with Gasteiger partial charge in [-0.25, -0.2) is 4.98 Å². The molecule has 0 fully saturated rings. The lowest BCUT2D eigenvalue weighted by Gasteiger charge is -2.11. The van der Waals surface area contributed by atoms with Crippen LogP contribution in [0.3, 0.4) is 0 Å². The molecule has 2 heterocycles. The van der Waals surface area contributed by atoms with Crippen LogP contribution >= 0.6 is 0 Å². The number of hydrogen-bond acceptors (Lipinski definition) is 2. The lowest BCUT2D eigenvalue weighted by molar-refractivity contribution is 1.18. The van der Waals surface area contributed by atoms with Crippen LogP contribution in [0.4, 0.5) is 0 Å². The van der Waals surface area contributed by atoms with Gasteiger partial charge in [-0.05, 0) is 97.7 Å². The highest BCUT2D eigenvalue weighted by molar-refractivity contribution is 6.23. The zero-order valence-electron chi connectivity index (χ0n) is 33.2. The van der Waals surface area contributed by atoms with E-state index >= 15 is 0 Å². The van der Waals surface area contributed by atoms with E-state index in [1.54, 1.807) is 0 Å². The van der Waals surface area contributed by atoms with E-state index in [4.69, 9.17) is 9.97 Å². The van der Waals surface area contributed by atoms with Gasteiger partial charge in [-0.3, -0.25) is 4.98 Å². The van der Waals surface area contributed by atoms with Gasteiger partial charge in [0.15, 0.2) is 0 Å². The van der Waals surface area contributed by atoms with Crippen LogP contribution in [0.15, 0.2) is 225 Å². The first kappa shape index (κ1) is 34.9. The van der Waals surface area contributed by atoms with Crippen LogP contribution in [-0.4, -0.2) is 14.5 Å². The van der Waals surface area contributed by atoms with Gasteiger partial charge in [-0.15, -0.1) is 0 Å². The number of rotatable bonds is 6. The van der Waals surface area contributed by atoms with Gasteiger partial charge in [0.1, 0.15) is 0 Å². The monoisotopic (exact) mass is 775 g/mol. The van der Waals surface area contributed by atoms with Crippen molar-refractivity contribution in [2.75, 3.05) is 0 Å². The minimum Gasteiger partial charge on any atom is -0.309 e. The maximum absolute atomic E-state index is 5.21. The van der Waals surface area contributed by atoms with Crippen LogP contribution < -0.4 is 0 Å². The second-order valence-electron chi connectivity index (χ2n) is 15.8. The summed E-state index contributed by atoms with van der Waals surface area (Å²) in [4.78, 5) is 10.2. The SMILES string of the molecule is c1ccc(-c2ccc(-n3c4ccccc4c4cc(-c5cccc(-c6cccc(-c7ccc(-c8cnc9c%10ccccc%10c%10ccccc%10c9n8)cc7)c6)c5)ccc43)cc2)cc1. The van der Waals surface area contributed by atoms with Crippen molar-refractivity contribution in [2.45, 2.75) is 0 Å². The number of benzene rings is 10. The topological polar surface area (TPSA) is 30.7 Å². The fourth-order valence-corrected chi connectivity index (χ4v) is 9.22. The van der Waals surface area contributed by atoms with E-state index in [2.05, 4.69) is 223 Å². The summed E-state index contributed by atoms with van der Waals surface area (Å²) >= 11 is 0. The number of aromatic nitrogens is 3. The normalized spacial score (nSPS) is 11.6. The number of hydrogen-bond donors (Lipinski definition) is 0. The summed E-state index contributed by atoms with van der Waals surface area (Å²) in [6.45, 7) is 0. The number of fused-ring (bicyclic) bond motifs is 9. The first-order valence-corrected chi connectivity index (χ1v) is 20.8. The van der Waals surface area contributed by atoms with Crippen LogP contribution in [0.25, 0.3) is 116 Å². The van der Waals surface area contributed by atoms with Crippen LogP contribution in [0.5, 0.6) is 0 Å². The van der Waals surface area contributed by atoms with Crippen LogP contribution in [0.2, 0.25) is 0 Å². The fraction of sp³-hybridized carbons (Fsp3) is 0. The summed E-state index contributed by atoms with van der Waals surface area (Å²) in [5.74, 6) is 0. The molecule has 284 valence electrons. The van der Waals surface area contributed by atoms with Gasteiger partial charge in [-0.2, -0.15) is 0 Å². The Hall–Kier alpha value is -8.14. The Morgan fingerprint density at radius 2 is 0.721 bits per heavy atom. The number of nitrogens with zero attached hydrogens (tertiary/aromatic N) is 3. The van der Waals surface area contributed by atoms with Crippen molar-refractivity contribution in [3.63, 3.8) is 0 Å². The molecule has 0 unspecified atom stereocenters. The summed E-state index contributed by atoms with van der Waals surface area (Å²) < 4.78 is 2.39. The lowest BCUT2D eigenvalue weighted by atomic mass is 9.95. The maximum Gasteiger partial charge on any atom is 0.0979 e. The third-order valence-electron chi connectivity index (χ3n) is 12.2. The van der Waals surface area contributed by atoms with Crippen molar-refractivity contribution in [3.8, 4) is 61.5 Å². The van der Waals surface area contributed by atoms with Gasteiger partial charge in [0.05, 0.1) is 34.0 Å². The molecular weight excluding hydrogens is 739 g/mol. The predicted octanol–water partition coefficient (Wildman–Crippen LogP) is 15.4. The standard InChI is InChI=1S/C58H37N3/c1-2-12-38(13-3-1)39-28-31-47(32-29-39)61-55-23-9-8-20-50(55)53-36-46(30-33-56(53)61)45-17-11-16-44(35-45)43-15-10-14-42(34-43)40-24-26-41(27-25-40)54-37-59-57-51-21-6-4-18-48(51)49-19-5-7-22-52(49)58(57)60-54/h1-37H. The van der Waals surface area contributed by atoms with Crippen molar-refractivity contribution >= 4 is 54.4 Å². The summed E-state index contributed by atoms with van der Waals surface area (Å²) in [6, 6.07) is 78.5. The minimum atomic E-state index is 0.866. The Labute approximate surface area is 353 Å². The molecular formula is C58H37N3. The Kier molecular flexibility index (Phi) is 8.17. The molecule has 2 aromatic heterocycles. The van der Waals surface area contributed by atoms with Gasteiger partial charge in [0.25, 0.3) is 0 Å². The van der Waals surface area contributed by atoms with Crippen LogP contribution in [0.1, 0.15) is 0 Å². The zero-order chi connectivity index (χ0) is 40.3. The van der Waals surface area contributed by atoms with Gasteiger partial charge in [-0.1, -0.05) is 176 Å². The van der Waals surface area contributed by atoms with Gasteiger partial charge in [0, 0.05) is 32.8 Å².